The summed E-state index contributed by atoms with van der Waals surface area (Å²) in [6.07, 6.45) is 3.17. The van der Waals surface area contributed by atoms with Gasteiger partial charge in [0.05, 0.1) is 18.7 Å². The second kappa shape index (κ2) is 9.51. The number of amides is 2. The number of benzene rings is 2. The van der Waals surface area contributed by atoms with Gasteiger partial charge in [-0.3, -0.25) is 0 Å². The fraction of sp³-hybridized carbons (Fsp3) is 0.375. The molecule has 2 heterocycles. The van der Waals surface area contributed by atoms with Gasteiger partial charge in [-0.25, -0.2) is 4.79 Å². The van der Waals surface area contributed by atoms with Crippen LogP contribution in [-0.2, 0) is 17.8 Å². The molecule has 0 aliphatic carbocycles. The minimum Gasteiger partial charge on any atom is -0.381 e. The summed E-state index contributed by atoms with van der Waals surface area (Å²) >= 11 is 1.89. The molecule has 2 aliphatic heterocycles. The number of hydrogen-bond donors (Lipinski definition) is 0. The number of rotatable bonds is 8. The van der Waals surface area contributed by atoms with Crippen molar-refractivity contribution in [3.05, 3.63) is 82.8 Å². The van der Waals surface area contributed by atoms with Gasteiger partial charge in [-0.05, 0) is 24.5 Å². The van der Waals surface area contributed by atoms with E-state index in [1.165, 1.54) is 16.0 Å². The Morgan fingerprint density at radius 1 is 1.00 bits per heavy atom. The average Bonchev–Trinajstić information content (AvgIpc) is 3.27. The quantitative estimate of drug-likeness (QED) is 0.459. The van der Waals surface area contributed by atoms with Crippen LogP contribution in [0.5, 0.6) is 0 Å². The molecule has 2 aromatic rings. The zero-order valence-corrected chi connectivity index (χ0v) is 17.7. The van der Waals surface area contributed by atoms with Gasteiger partial charge in [0, 0.05) is 30.4 Å². The van der Waals surface area contributed by atoms with Crippen LogP contribution in [-0.4, -0.2) is 46.9 Å². The molecule has 4 nitrogen and oxygen atoms in total. The summed E-state index contributed by atoms with van der Waals surface area (Å²) in [7, 11) is 0. The molecular formula is C24H28N2O2S. The number of carbonyl (C=O) groups is 1. The highest BCUT2D eigenvalue weighted by Crippen LogP contribution is 2.43. The number of urea groups is 1. The Hall–Kier alpha value is -2.24. The van der Waals surface area contributed by atoms with Crippen molar-refractivity contribution < 1.29 is 9.53 Å². The smallest absolute Gasteiger partial charge is 0.321 e. The Labute approximate surface area is 177 Å². The topological polar surface area (TPSA) is 32.8 Å². The van der Waals surface area contributed by atoms with E-state index in [0.717, 1.165) is 25.4 Å². The van der Waals surface area contributed by atoms with Crippen molar-refractivity contribution in [3.63, 3.8) is 0 Å². The average molecular weight is 409 g/mol. The summed E-state index contributed by atoms with van der Waals surface area (Å²) in [6, 6.07) is 21.1. The van der Waals surface area contributed by atoms with E-state index >= 15 is 0 Å². The van der Waals surface area contributed by atoms with Crippen LogP contribution in [0.1, 0.15) is 24.5 Å². The third-order valence-electron chi connectivity index (χ3n) is 5.51. The summed E-state index contributed by atoms with van der Waals surface area (Å²) < 4.78 is 5.50. The lowest BCUT2D eigenvalue weighted by atomic mass is 10.1. The number of nitrogens with zero attached hydrogens (tertiary/aromatic N) is 2. The summed E-state index contributed by atoms with van der Waals surface area (Å²) in [5.41, 5.74) is 2.35. The van der Waals surface area contributed by atoms with E-state index < -0.39 is 0 Å². The molecule has 4 rings (SSSR count). The zero-order chi connectivity index (χ0) is 20.1. The third kappa shape index (κ3) is 4.51. The van der Waals surface area contributed by atoms with Crippen molar-refractivity contribution in [1.82, 2.24) is 9.80 Å². The highest BCUT2D eigenvalue weighted by Gasteiger charge is 2.50. The molecule has 2 aromatic carbocycles. The van der Waals surface area contributed by atoms with Crippen molar-refractivity contribution >= 4 is 17.8 Å². The molecule has 0 N–H and O–H groups in total. The van der Waals surface area contributed by atoms with Crippen molar-refractivity contribution in [1.29, 1.82) is 0 Å². The summed E-state index contributed by atoms with van der Waals surface area (Å²) in [6.45, 7) is 4.81. The molecule has 0 radical (unpaired) electrons. The number of thioether (sulfide) groups is 1. The van der Waals surface area contributed by atoms with Gasteiger partial charge < -0.3 is 14.5 Å². The van der Waals surface area contributed by atoms with E-state index in [1.54, 1.807) is 0 Å². The van der Waals surface area contributed by atoms with E-state index in [4.69, 9.17) is 4.74 Å². The molecule has 2 saturated heterocycles. The van der Waals surface area contributed by atoms with Gasteiger partial charge in [0.15, 0.2) is 0 Å². The SMILES string of the molecule is CCOCCC=C1SCC2C1N(Cc1ccccc1)C(=O)N2Cc1ccccc1. The summed E-state index contributed by atoms with van der Waals surface area (Å²) in [5, 5.41) is 0. The third-order valence-corrected chi connectivity index (χ3v) is 6.76. The molecule has 2 unspecified atom stereocenters. The first-order valence-electron chi connectivity index (χ1n) is 10.3. The van der Waals surface area contributed by atoms with Crippen LogP contribution in [0.15, 0.2) is 71.6 Å². The van der Waals surface area contributed by atoms with Crippen molar-refractivity contribution in [2.24, 2.45) is 0 Å². The van der Waals surface area contributed by atoms with E-state index in [2.05, 4.69) is 40.1 Å². The molecule has 5 heteroatoms. The second-order valence-electron chi connectivity index (χ2n) is 7.42. The number of fused-ring (bicyclic) bond motifs is 1. The van der Waals surface area contributed by atoms with Gasteiger partial charge in [-0.1, -0.05) is 66.7 Å². The Morgan fingerprint density at radius 2 is 1.62 bits per heavy atom. The molecule has 2 fully saturated rings. The highest BCUT2D eigenvalue weighted by atomic mass is 32.2. The lowest BCUT2D eigenvalue weighted by Gasteiger charge is -2.23. The minimum atomic E-state index is 0.137. The fourth-order valence-corrected chi connectivity index (χ4v) is 5.53. The highest BCUT2D eigenvalue weighted by molar-refractivity contribution is 8.03. The maximum absolute atomic E-state index is 13.4. The largest absolute Gasteiger partial charge is 0.381 e. The van der Waals surface area contributed by atoms with Crippen LogP contribution in [0.3, 0.4) is 0 Å². The summed E-state index contributed by atoms with van der Waals surface area (Å²) in [4.78, 5) is 18.9. The molecule has 152 valence electrons. The molecule has 29 heavy (non-hydrogen) atoms. The maximum atomic E-state index is 13.4. The molecule has 2 atom stereocenters. The standard InChI is InChI=1S/C24H28N2O2S/c1-2-28-15-9-14-22-23-21(18-29-22)25(16-19-10-5-3-6-11-19)24(27)26(23)17-20-12-7-4-8-13-20/h3-8,10-14,21,23H,2,9,15-18H2,1H3. The first kappa shape index (κ1) is 20.0. The zero-order valence-electron chi connectivity index (χ0n) is 16.9. The molecule has 0 spiro atoms. The van der Waals surface area contributed by atoms with E-state index in [-0.39, 0.29) is 18.1 Å². The van der Waals surface area contributed by atoms with Gasteiger partial charge in [-0.15, -0.1) is 11.8 Å². The molecule has 2 aliphatic rings. The van der Waals surface area contributed by atoms with Gasteiger partial charge in [0.25, 0.3) is 0 Å². The second-order valence-corrected chi connectivity index (χ2v) is 8.52. The van der Waals surface area contributed by atoms with Crippen LogP contribution in [0.2, 0.25) is 0 Å². The van der Waals surface area contributed by atoms with E-state index in [1.807, 2.05) is 55.1 Å². The predicted molar refractivity (Wildman–Crippen MR) is 119 cm³/mol. The van der Waals surface area contributed by atoms with Crippen LogP contribution in [0.25, 0.3) is 0 Å². The van der Waals surface area contributed by atoms with Gasteiger partial charge in [0.1, 0.15) is 0 Å². The Balaban J connectivity index is 1.57. The molecule has 0 bridgehead atoms. The van der Waals surface area contributed by atoms with Gasteiger partial charge in [0.2, 0.25) is 0 Å². The molecule has 2 amide bonds. The normalized spacial score (nSPS) is 22.5. The number of ether oxygens (including phenoxy) is 1. The molecule has 0 saturated carbocycles. The van der Waals surface area contributed by atoms with Gasteiger partial charge in [-0.2, -0.15) is 0 Å². The minimum absolute atomic E-state index is 0.137. The fourth-order valence-electron chi connectivity index (χ4n) is 4.11. The molecule has 0 aromatic heterocycles. The van der Waals surface area contributed by atoms with Crippen molar-refractivity contribution in [2.45, 2.75) is 38.5 Å². The lowest BCUT2D eigenvalue weighted by molar-refractivity contribution is 0.152. The van der Waals surface area contributed by atoms with Crippen molar-refractivity contribution in [3.8, 4) is 0 Å². The Morgan fingerprint density at radius 3 is 2.24 bits per heavy atom. The van der Waals surface area contributed by atoms with Gasteiger partial charge >= 0.3 is 6.03 Å². The monoisotopic (exact) mass is 408 g/mol. The predicted octanol–water partition coefficient (Wildman–Crippen LogP) is 4.92. The molecular weight excluding hydrogens is 380 g/mol. The van der Waals surface area contributed by atoms with Crippen LogP contribution in [0.4, 0.5) is 4.79 Å². The Kier molecular flexibility index (Phi) is 6.57. The van der Waals surface area contributed by atoms with E-state index in [9.17, 15) is 4.79 Å². The first-order valence-corrected chi connectivity index (χ1v) is 11.3. The number of carbonyl (C=O) groups excluding carboxylic acids is 1. The van der Waals surface area contributed by atoms with Crippen LogP contribution in [0, 0.1) is 0 Å². The lowest BCUT2D eigenvalue weighted by Crippen LogP contribution is -2.35. The van der Waals surface area contributed by atoms with E-state index in [0.29, 0.717) is 13.1 Å². The van der Waals surface area contributed by atoms with Crippen LogP contribution < -0.4 is 0 Å². The van der Waals surface area contributed by atoms with Crippen LogP contribution >= 0.6 is 11.8 Å². The Bertz CT molecular complexity index is 840. The summed E-state index contributed by atoms with van der Waals surface area (Å²) in [5.74, 6) is 0.953. The van der Waals surface area contributed by atoms with Crippen molar-refractivity contribution in [2.75, 3.05) is 19.0 Å². The first-order chi connectivity index (χ1) is 14.3. The maximum Gasteiger partial charge on any atom is 0.321 e. The number of hydrogen-bond acceptors (Lipinski definition) is 3.